The number of anilines is 1. The van der Waals surface area contributed by atoms with E-state index in [1.807, 2.05) is 31.2 Å². The van der Waals surface area contributed by atoms with Crippen LogP contribution in [0.15, 0.2) is 71.2 Å². The molecule has 0 aliphatic carbocycles. The second-order valence-corrected chi connectivity index (χ2v) is 5.70. The van der Waals surface area contributed by atoms with E-state index in [1.54, 1.807) is 30.3 Å². The van der Waals surface area contributed by atoms with Gasteiger partial charge in [-0.25, -0.2) is 0 Å². The Kier molecular flexibility index (Phi) is 4.94. The molecule has 0 saturated carbocycles. The zero-order valence-corrected chi connectivity index (χ0v) is 14.0. The maximum absolute atomic E-state index is 12.0. The monoisotopic (exact) mass is 348 g/mol. The Morgan fingerprint density at radius 3 is 2.69 bits per heavy atom. The summed E-state index contributed by atoms with van der Waals surface area (Å²) in [6, 6.07) is 17.1. The van der Waals surface area contributed by atoms with E-state index < -0.39 is 4.92 Å². The van der Waals surface area contributed by atoms with Crippen molar-refractivity contribution >= 4 is 23.4 Å². The molecule has 0 aliphatic heterocycles. The van der Waals surface area contributed by atoms with Crippen molar-refractivity contribution < 1.29 is 14.1 Å². The normalized spacial score (nSPS) is 10.8. The molecule has 1 amide bonds. The van der Waals surface area contributed by atoms with Crippen molar-refractivity contribution in [2.24, 2.45) is 0 Å². The van der Waals surface area contributed by atoms with Crippen LogP contribution in [0.4, 0.5) is 11.4 Å². The zero-order chi connectivity index (χ0) is 18.5. The number of hydrogen-bond acceptors (Lipinski definition) is 4. The number of nitro benzene ring substituents is 1. The molecule has 0 spiro atoms. The molecule has 0 aliphatic rings. The van der Waals surface area contributed by atoms with Crippen LogP contribution in [0.3, 0.4) is 0 Å². The number of nitro groups is 1. The van der Waals surface area contributed by atoms with Crippen LogP contribution >= 0.6 is 0 Å². The molecule has 0 atom stereocenters. The quantitative estimate of drug-likeness (QED) is 0.407. The molecule has 6 heteroatoms. The van der Waals surface area contributed by atoms with Gasteiger partial charge in [-0.1, -0.05) is 24.3 Å². The number of nitrogens with one attached hydrogen (secondary N) is 1. The minimum absolute atomic E-state index is 0.00600. The van der Waals surface area contributed by atoms with Crippen molar-refractivity contribution in [2.45, 2.75) is 6.92 Å². The van der Waals surface area contributed by atoms with Crippen molar-refractivity contribution in [3.8, 4) is 11.3 Å². The Hall–Kier alpha value is -3.67. The van der Waals surface area contributed by atoms with Gasteiger partial charge in [0.05, 0.1) is 4.92 Å². The van der Waals surface area contributed by atoms with Crippen LogP contribution in [0.5, 0.6) is 0 Å². The lowest BCUT2D eigenvalue weighted by Crippen LogP contribution is -2.07. The fourth-order valence-electron chi connectivity index (χ4n) is 2.43. The summed E-state index contributed by atoms with van der Waals surface area (Å²) in [6.07, 6.45) is 2.92. The lowest BCUT2D eigenvalue weighted by atomic mass is 10.1. The predicted octanol–water partition coefficient (Wildman–Crippen LogP) is 4.82. The van der Waals surface area contributed by atoms with Gasteiger partial charge in [0.1, 0.15) is 11.5 Å². The summed E-state index contributed by atoms with van der Waals surface area (Å²) < 4.78 is 5.63. The molecular weight excluding hydrogens is 332 g/mol. The smallest absolute Gasteiger partial charge is 0.270 e. The number of amides is 1. The van der Waals surface area contributed by atoms with Gasteiger partial charge in [0, 0.05) is 29.5 Å². The topological polar surface area (TPSA) is 85.4 Å². The van der Waals surface area contributed by atoms with Gasteiger partial charge in [-0.2, -0.15) is 0 Å². The van der Waals surface area contributed by atoms with Gasteiger partial charge < -0.3 is 9.73 Å². The van der Waals surface area contributed by atoms with Crippen molar-refractivity contribution in [2.75, 3.05) is 5.32 Å². The van der Waals surface area contributed by atoms with Crippen molar-refractivity contribution in [1.82, 2.24) is 0 Å². The number of carbonyl (C=O) groups excluding carboxylic acids is 1. The van der Waals surface area contributed by atoms with Crippen molar-refractivity contribution in [3.05, 3.63) is 88.2 Å². The largest absolute Gasteiger partial charge is 0.457 e. The van der Waals surface area contributed by atoms with E-state index >= 15 is 0 Å². The molecule has 26 heavy (non-hydrogen) atoms. The fourth-order valence-corrected chi connectivity index (χ4v) is 2.43. The molecule has 0 unspecified atom stereocenters. The lowest BCUT2D eigenvalue weighted by Gasteiger charge is -2.02. The molecule has 0 fully saturated rings. The van der Waals surface area contributed by atoms with E-state index in [4.69, 9.17) is 4.42 Å². The van der Waals surface area contributed by atoms with Gasteiger partial charge in [-0.3, -0.25) is 14.9 Å². The molecule has 130 valence electrons. The molecule has 1 aromatic heterocycles. The first-order chi connectivity index (χ1) is 12.5. The van der Waals surface area contributed by atoms with Crippen LogP contribution in [0.2, 0.25) is 0 Å². The molecule has 6 nitrogen and oxygen atoms in total. The van der Waals surface area contributed by atoms with E-state index in [0.717, 1.165) is 11.3 Å². The highest BCUT2D eigenvalue weighted by molar-refractivity contribution is 6.01. The predicted molar refractivity (Wildman–Crippen MR) is 99.6 cm³/mol. The second kappa shape index (κ2) is 7.48. The molecule has 0 radical (unpaired) electrons. The zero-order valence-electron chi connectivity index (χ0n) is 14.0. The summed E-state index contributed by atoms with van der Waals surface area (Å²) >= 11 is 0. The Balaban J connectivity index is 1.70. The first-order valence-electron chi connectivity index (χ1n) is 7.92. The van der Waals surface area contributed by atoms with Gasteiger partial charge in [0.25, 0.3) is 5.69 Å². The average Bonchev–Trinajstić information content (AvgIpc) is 3.09. The van der Waals surface area contributed by atoms with E-state index in [9.17, 15) is 14.9 Å². The highest BCUT2D eigenvalue weighted by Gasteiger charge is 2.09. The second-order valence-electron chi connectivity index (χ2n) is 5.70. The number of furan rings is 1. The summed E-state index contributed by atoms with van der Waals surface area (Å²) in [5.41, 5.74) is 2.37. The Morgan fingerprint density at radius 1 is 1.12 bits per heavy atom. The number of rotatable bonds is 5. The minimum Gasteiger partial charge on any atom is -0.457 e. The van der Waals surface area contributed by atoms with Crippen LogP contribution in [0.25, 0.3) is 17.4 Å². The molecule has 3 rings (SSSR count). The summed E-state index contributed by atoms with van der Waals surface area (Å²) in [6.45, 7) is 1.95. The third-order valence-electron chi connectivity index (χ3n) is 3.65. The summed E-state index contributed by atoms with van der Waals surface area (Å²) in [5, 5.41) is 13.6. The standard InChI is InChI=1S/C20H16N2O4/c1-14-4-2-6-16(12-14)21-20(23)11-9-18-8-10-19(26-18)15-5-3-7-17(13-15)22(24)25/h2-13H,1H3,(H,21,23)/b11-9+. The maximum Gasteiger partial charge on any atom is 0.270 e. The lowest BCUT2D eigenvalue weighted by molar-refractivity contribution is -0.384. The molecule has 2 aromatic carbocycles. The Morgan fingerprint density at radius 2 is 1.92 bits per heavy atom. The first kappa shape index (κ1) is 17.2. The van der Waals surface area contributed by atoms with Gasteiger partial charge in [0.2, 0.25) is 5.91 Å². The van der Waals surface area contributed by atoms with Gasteiger partial charge >= 0.3 is 0 Å². The summed E-state index contributed by atoms with van der Waals surface area (Å²) in [4.78, 5) is 22.4. The molecule has 1 heterocycles. The molecule has 1 N–H and O–H groups in total. The van der Waals surface area contributed by atoms with Crippen LogP contribution < -0.4 is 5.32 Å². The van der Waals surface area contributed by atoms with E-state index in [0.29, 0.717) is 17.1 Å². The van der Waals surface area contributed by atoms with E-state index in [1.165, 1.54) is 18.2 Å². The maximum atomic E-state index is 12.0. The van der Waals surface area contributed by atoms with Crippen LogP contribution in [-0.2, 0) is 4.79 Å². The first-order valence-corrected chi connectivity index (χ1v) is 7.92. The molecular formula is C20H16N2O4. The van der Waals surface area contributed by atoms with E-state index in [-0.39, 0.29) is 11.6 Å². The van der Waals surface area contributed by atoms with E-state index in [2.05, 4.69) is 5.32 Å². The molecule has 0 bridgehead atoms. The van der Waals surface area contributed by atoms with Crippen molar-refractivity contribution in [3.63, 3.8) is 0 Å². The van der Waals surface area contributed by atoms with Crippen LogP contribution in [-0.4, -0.2) is 10.8 Å². The number of non-ortho nitro benzene ring substituents is 1. The number of hydrogen-bond donors (Lipinski definition) is 1. The highest BCUT2D eigenvalue weighted by Crippen LogP contribution is 2.26. The highest BCUT2D eigenvalue weighted by atomic mass is 16.6. The number of benzene rings is 2. The Labute approximate surface area is 149 Å². The van der Waals surface area contributed by atoms with Crippen molar-refractivity contribution in [1.29, 1.82) is 0 Å². The molecule has 0 saturated heterocycles. The molecule has 3 aromatic rings. The summed E-state index contributed by atoms with van der Waals surface area (Å²) in [5.74, 6) is 0.697. The van der Waals surface area contributed by atoms with Gasteiger partial charge in [-0.05, 0) is 42.8 Å². The van der Waals surface area contributed by atoms with Crippen LogP contribution in [0, 0.1) is 17.0 Å². The number of nitrogens with zero attached hydrogens (tertiary/aromatic N) is 1. The van der Waals surface area contributed by atoms with Gasteiger partial charge in [-0.15, -0.1) is 0 Å². The Bertz CT molecular complexity index is 989. The fraction of sp³-hybridized carbons (Fsp3) is 0.0500. The average molecular weight is 348 g/mol. The third-order valence-corrected chi connectivity index (χ3v) is 3.65. The van der Waals surface area contributed by atoms with Crippen LogP contribution in [0.1, 0.15) is 11.3 Å². The number of carbonyl (C=O) groups is 1. The SMILES string of the molecule is Cc1cccc(NC(=O)/C=C/c2ccc(-c3cccc([N+](=O)[O-])c3)o2)c1. The minimum atomic E-state index is -0.455. The third kappa shape index (κ3) is 4.24. The number of aryl methyl sites for hydroxylation is 1. The van der Waals surface area contributed by atoms with Gasteiger partial charge in [0.15, 0.2) is 0 Å². The summed E-state index contributed by atoms with van der Waals surface area (Å²) in [7, 11) is 0.